The van der Waals surface area contributed by atoms with Gasteiger partial charge >= 0.3 is 0 Å². The van der Waals surface area contributed by atoms with Gasteiger partial charge in [-0.15, -0.1) is 0 Å². The van der Waals surface area contributed by atoms with E-state index < -0.39 is 0 Å². The van der Waals surface area contributed by atoms with E-state index in [-0.39, 0.29) is 11.8 Å². The maximum Gasteiger partial charge on any atom is 0.253 e. The molecule has 1 aromatic carbocycles. The molecule has 4 rings (SSSR count). The molecule has 0 radical (unpaired) electrons. The lowest BCUT2D eigenvalue weighted by atomic mass is 10.0. The number of carbonyl (C=O) groups is 2. The van der Waals surface area contributed by atoms with Crippen molar-refractivity contribution in [3.63, 3.8) is 0 Å². The number of piperidine rings is 1. The predicted molar refractivity (Wildman–Crippen MR) is 109 cm³/mol. The maximum absolute atomic E-state index is 13.2. The minimum atomic E-state index is 0.0888. The molecule has 1 saturated heterocycles. The van der Waals surface area contributed by atoms with Crippen LogP contribution in [0.1, 0.15) is 60.9 Å². The summed E-state index contributed by atoms with van der Waals surface area (Å²) in [5, 5.41) is 0. The number of carbonyl (C=O) groups excluding carboxylic acids is 2. The molecular weight excluding hydrogens is 352 g/mol. The summed E-state index contributed by atoms with van der Waals surface area (Å²) in [5.41, 5.74) is 2.79. The zero-order valence-corrected chi connectivity index (χ0v) is 16.7. The lowest BCUT2D eigenvalue weighted by molar-refractivity contribution is -0.118. The first-order chi connectivity index (χ1) is 13.6. The summed E-state index contributed by atoms with van der Waals surface area (Å²) in [6.45, 7) is 6.23. The fraction of sp³-hybridized carbons (Fsp3) is 0.500. The molecular formula is C22H28N4O2. The standard InChI is InChI=1S/C22H28N4O2/c1-3-20-23-10-13-25(20)18-6-5-11-24(15-18)22(28)17-7-8-19-16(14-17)9-12-26(19)21(27)4-2/h7-8,10,13-14,18H,3-6,9,11-12,15H2,1-2H3. The van der Waals surface area contributed by atoms with E-state index in [9.17, 15) is 9.59 Å². The van der Waals surface area contributed by atoms with Crippen LogP contribution in [0.15, 0.2) is 30.6 Å². The van der Waals surface area contributed by atoms with Crippen LogP contribution in [0.2, 0.25) is 0 Å². The van der Waals surface area contributed by atoms with Gasteiger partial charge in [0.1, 0.15) is 5.82 Å². The number of aryl methyl sites for hydroxylation is 1. The SMILES string of the molecule is CCC(=O)N1CCc2cc(C(=O)N3CCCC(n4ccnc4CC)C3)ccc21. The van der Waals surface area contributed by atoms with Gasteiger partial charge in [-0.2, -0.15) is 0 Å². The number of aromatic nitrogens is 2. The van der Waals surface area contributed by atoms with Gasteiger partial charge in [0.15, 0.2) is 0 Å². The third-order valence-corrected chi connectivity index (χ3v) is 5.97. The Morgan fingerprint density at radius 1 is 1.21 bits per heavy atom. The molecule has 0 bridgehead atoms. The Morgan fingerprint density at radius 3 is 2.86 bits per heavy atom. The summed E-state index contributed by atoms with van der Waals surface area (Å²) in [7, 11) is 0. The number of likely N-dealkylation sites (tertiary alicyclic amines) is 1. The van der Waals surface area contributed by atoms with E-state index in [0.29, 0.717) is 19.0 Å². The highest BCUT2D eigenvalue weighted by Gasteiger charge is 2.28. The van der Waals surface area contributed by atoms with Crippen LogP contribution in [0.4, 0.5) is 5.69 Å². The first-order valence-electron chi connectivity index (χ1n) is 10.4. The van der Waals surface area contributed by atoms with Crippen LogP contribution in [-0.4, -0.2) is 45.9 Å². The Kier molecular flexibility index (Phi) is 5.20. The summed E-state index contributed by atoms with van der Waals surface area (Å²) in [6.07, 6.45) is 8.18. The van der Waals surface area contributed by atoms with Crippen molar-refractivity contribution < 1.29 is 9.59 Å². The highest BCUT2D eigenvalue weighted by Crippen LogP contribution is 2.31. The fourth-order valence-electron chi connectivity index (χ4n) is 4.48. The second-order valence-corrected chi connectivity index (χ2v) is 7.64. The van der Waals surface area contributed by atoms with E-state index in [1.54, 1.807) is 0 Å². The van der Waals surface area contributed by atoms with Crippen molar-refractivity contribution >= 4 is 17.5 Å². The summed E-state index contributed by atoms with van der Waals surface area (Å²) in [4.78, 5) is 33.5. The van der Waals surface area contributed by atoms with Crippen LogP contribution in [0.5, 0.6) is 0 Å². The number of fused-ring (bicyclic) bond motifs is 1. The van der Waals surface area contributed by atoms with Gasteiger partial charge in [-0.1, -0.05) is 13.8 Å². The third-order valence-electron chi connectivity index (χ3n) is 5.97. The number of nitrogens with zero attached hydrogens (tertiary/aromatic N) is 4. The molecule has 28 heavy (non-hydrogen) atoms. The average Bonchev–Trinajstić information content (AvgIpc) is 3.39. The van der Waals surface area contributed by atoms with E-state index in [0.717, 1.165) is 61.4 Å². The summed E-state index contributed by atoms with van der Waals surface area (Å²) in [5.74, 6) is 1.31. The van der Waals surface area contributed by atoms with E-state index in [1.807, 2.05) is 47.3 Å². The van der Waals surface area contributed by atoms with Gasteiger partial charge in [-0.25, -0.2) is 4.98 Å². The molecule has 1 atom stereocenters. The number of amides is 2. The molecule has 1 aromatic heterocycles. The molecule has 3 heterocycles. The summed E-state index contributed by atoms with van der Waals surface area (Å²) < 4.78 is 2.23. The van der Waals surface area contributed by atoms with Crippen molar-refractivity contribution in [2.45, 2.75) is 52.0 Å². The number of imidazole rings is 1. The van der Waals surface area contributed by atoms with Gasteiger partial charge in [-0.05, 0) is 43.0 Å². The van der Waals surface area contributed by atoms with Crippen molar-refractivity contribution in [3.05, 3.63) is 47.5 Å². The highest BCUT2D eigenvalue weighted by molar-refractivity contribution is 5.98. The van der Waals surface area contributed by atoms with Gasteiger partial charge in [0, 0.05) is 56.1 Å². The Morgan fingerprint density at radius 2 is 2.07 bits per heavy atom. The summed E-state index contributed by atoms with van der Waals surface area (Å²) >= 11 is 0. The molecule has 2 aliphatic rings. The van der Waals surface area contributed by atoms with Crippen LogP contribution in [0.25, 0.3) is 0 Å². The van der Waals surface area contributed by atoms with Crippen molar-refractivity contribution in [3.8, 4) is 0 Å². The maximum atomic E-state index is 13.2. The third kappa shape index (κ3) is 3.32. The molecule has 2 amide bonds. The van der Waals surface area contributed by atoms with E-state index >= 15 is 0 Å². The molecule has 6 heteroatoms. The molecule has 0 aliphatic carbocycles. The number of hydrogen-bond donors (Lipinski definition) is 0. The molecule has 0 spiro atoms. The average molecular weight is 380 g/mol. The van der Waals surface area contributed by atoms with Gasteiger partial charge in [0.05, 0.1) is 6.04 Å². The Hall–Kier alpha value is -2.63. The van der Waals surface area contributed by atoms with E-state index in [1.165, 1.54) is 0 Å². The highest BCUT2D eigenvalue weighted by atomic mass is 16.2. The molecule has 0 N–H and O–H groups in total. The minimum Gasteiger partial charge on any atom is -0.337 e. The smallest absolute Gasteiger partial charge is 0.253 e. The largest absolute Gasteiger partial charge is 0.337 e. The number of rotatable bonds is 4. The molecule has 2 aliphatic heterocycles. The normalized spacial score (nSPS) is 19.0. The van der Waals surface area contributed by atoms with E-state index in [4.69, 9.17) is 0 Å². The van der Waals surface area contributed by atoms with Crippen LogP contribution < -0.4 is 4.90 Å². The molecule has 2 aromatic rings. The van der Waals surface area contributed by atoms with Crippen LogP contribution in [0.3, 0.4) is 0 Å². The first kappa shape index (κ1) is 18.7. The first-order valence-corrected chi connectivity index (χ1v) is 10.4. The number of anilines is 1. The lowest BCUT2D eigenvalue weighted by Crippen LogP contribution is -2.41. The number of hydrogen-bond acceptors (Lipinski definition) is 3. The molecule has 0 saturated carbocycles. The van der Waals surface area contributed by atoms with Gasteiger partial charge in [0.2, 0.25) is 5.91 Å². The van der Waals surface area contributed by atoms with Crippen LogP contribution in [0, 0.1) is 0 Å². The predicted octanol–water partition coefficient (Wildman–Crippen LogP) is 3.22. The Bertz CT molecular complexity index is 888. The minimum absolute atomic E-state index is 0.0888. The van der Waals surface area contributed by atoms with Crippen molar-refractivity contribution in [2.75, 3.05) is 24.5 Å². The summed E-state index contributed by atoms with van der Waals surface area (Å²) in [6, 6.07) is 6.09. The van der Waals surface area contributed by atoms with E-state index in [2.05, 4.69) is 16.5 Å². The van der Waals surface area contributed by atoms with Gasteiger partial charge in [0.25, 0.3) is 5.91 Å². The van der Waals surface area contributed by atoms with Gasteiger partial charge < -0.3 is 14.4 Å². The van der Waals surface area contributed by atoms with Crippen LogP contribution >= 0.6 is 0 Å². The second kappa shape index (κ2) is 7.78. The molecule has 6 nitrogen and oxygen atoms in total. The fourth-order valence-corrected chi connectivity index (χ4v) is 4.48. The van der Waals surface area contributed by atoms with Crippen molar-refractivity contribution in [2.24, 2.45) is 0 Å². The molecule has 1 fully saturated rings. The number of benzene rings is 1. The van der Waals surface area contributed by atoms with Crippen molar-refractivity contribution in [1.29, 1.82) is 0 Å². The molecule has 1 unspecified atom stereocenters. The van der Waals surface area contributed by atoms with Gasteiger partial charge in [-0.3, -0.25) is 9.59 Å². The topological polar surface area (TPSA) is 58.4 Å². The van der Waals surface area contributed by atoms with Crippen LogP contribution in [-0.2, 0) is 17.6 Å². The second-order valence-electron chi connectivity index (χ2n) is 7.64. The molecule has 148 valence electrons. The zero-order chi connectivity index (χ0) is 19.7. The quantitative estimate of drug-likeness (QED) is 0.818. The Labute approximate surface area is 166 Å². The monoisotopic (exact) mass is 380 g/mol. The zero-order valence-electron chi connectivity index (χ0n) is 16.7. The lowest BCUT2D eigenvalue weighted by Gasteiger charge is -2.34. The Balaban J connectivity index is 1.51. The van der Waals surface area contributed by atoms with Crippen molar-refractivity contribution in [1.82, 2.24) is 14.5 Å².